The molecule has 88 valence electrons. The molecule has 0 fully saturated rings. The largest absolute Gasteiger partial charge is 0.306 e. The second kappa shape index (κ2) is 5.94. The van der Waals surface area contributed by atoms with E-state index in [1.54, 1.807) is 6.20 Å². The number of benzene rings is 1. The van der Waals surface area contributed by atoms with Crippen molar-refractivity contribution in [2.24, 2.45) is 0 Å². The first-order valence-corrected chi connectivity index (χ1v) is 6.43. The summed E-state index contributed by atoms with van der Waals surface area (Å²) in [5.74, 6) is 0. The zero-order valence-corrected chi connectivity index (χ0v) is 11.3. The number of pyridine rings is 1. The molecule has 0 unspecified atom stereocenters. The maximum Gasteiger partial charge on any atom is 0.0315 e. The van der Waals surface area contributed by atoms with Gasteiger partial charge in [-0.1, -0.05) is 34.1 Å². The van der Waals surface area contributed by atoms with Crippen LogP contribution in [0.15, 0.2) is 53.3 Å². The Morgan fingerprint density at radius 2 is 2.18 bits per heavy atom. The van der Waals surface area contributed by atoms with Crippen LogP contribution in [0.4, 0.5) is 0 Å². The molecule has 0 aliphatic carbocycles. The molecule has 1 atom stereocenters. The minimum absolute atomic E-state index is 0.308. The molecule has 0 saturated heterocycles. The lowest BCUT2D eigenvalue weighted by atomic mass is 10.1. The van der Waals surface area contributed by atoms with Gasteiger partial charge in [0.1, 0.15) is 0 Å². The van der Waals surface area contributed by atoms with Crippen LogP contribution in [0.2, 0.25) is 0 Å². The summed E-state index contributed by atoms with van der Waals surface area (Å²) in [4.78, 5) is 4.13. The summed E-state index contributed by atoms with van der Waals surface area (Å²) < 4.78 is 1.12. The van der Waals surface area contributed by atoms with Gasteiger partial charge in [0.25, 0.3) is 0 Å². The summed E-state index contributed by atoms with van der Waals surface area (Å²) in [5.41, 5.74) is 2.48. The average molecular weight is 291 g/mol. The summed E-state index contributed by atoms with van der Waals surface area (Å²) in [6.07, 6.45) is 3.70. The Morgan fingerprint density at radius 1 is 1.29 bits per heavy atom. The number of halogens is 1. The van der Waals surface area contributed by atoms with Crippen molar-refractivity contribution < 1.29 is 0 Å². The Kier molecular flexibility index (Phi) is 4.29. The first-order chi connectivity index (χ1) is 8.25. The molecule has 1 N–H and O–H groups in total. The SMILES string of the molecule is C[C@@H](NCc1cccc(Br)c1)c1cccnc1. The van der Waals surface area contributed by atoms with Gasteiger partial charge in [-0.3, -0.25) is 4.98 Å². The molecule has 0 aliphatic rings. The van der Waals surface area contributed by atoms with Crippen LogP contribution < -0.4 is 5.32 Å². The number of aromatic nitrogens is 1. The van der Waals surface area contributed by atoms with Crippen molar-refractivity contribution in [1.82, 2.24) is 10.3 Å². The van der Waals surface area contributed by atoms with E-state index in [1.807, 2.05) is 18.3 Å². The summed E-state index contributed by atoms with van der Waals surface area (Å²) >= 11 is 3.48. The molecular formula is C14H15BrN2. The molecule has 0 bridgehead atoms. The molecule has 0 amide bonds. The van der Waals surface area contributed by atoms with Crippen molar-refractivity contribution in [3.8, 4) is 0 Å². The highest BCUT2D eigenvalue weighted by Crippen LogP contribution is 2.14. The molecule has 17 heavy (non-hydrogen) atoms. The van der Waals surface area contributed by atoms with Gasteiger partial charge in [0, 0.05) is 29.5 Å². The normalized spacial score (nSPS) is 12.4. The topological polar surface area (TPSA) is 24.9 Å². The molecule has 2 nitrogen and oxygen atoms in total. The van der Waals surface area contributed by atoms with Crippen molar-refractivity contribution in [3.63, 3.8) is 0 Å². The number of hydrogen-bond donors (Lipinski definition) is 1. The minimum Gasteiger partial charge on any atom is -0.306 e. The van der Waals surface area contributed by atoms with Crippen LogP contribution in [-0.4, -0.2) is 4.98 Å². The quantitative estimate of drug-likeness (QED) is 0.929. The molecule has 0 spiro atoms. The van der Waals surface area contributed by atoms with Crippen LogP contribution >= 0.6 is 15.9 Å². The summed E-state index contributed by atoms with van der Waals surface area (Å²) in [6, 6.07) is 12.7. The van der Waals surface area contributed by atoms with Crippen LogP contribution in [0.3, 0.4) is 0 Å². The Labute approximate surface area is 110 Å². The highest BCUT2D eigenvalue weighted by molar-refractivity contribution is 9.10. The Balaban J connectivity index is 1.95. The molecular weight excluding hydrogens is 276 g/mol. The Morgan fingerprint density at radius 3 is 2.88 bits per heavy atom. The van der Waals surface area contributed by atoms with Gasteiger partial charge in [0.15, 0.2) is 0 Å². The highest BCUT2D eigenvalue weighted by atomic mass is 79.9. The lowest BCUT2D eigenvalue weighted by Crippen LogP contribution is -2.18. The standard InChI is InChI=1S/C14H15BrN2/c1-11(13-5-3-7-16-10-13)17-9-12-4-2-6-14(15)8-12/h2-8,10-11,17H,9H2,1H3/t11-/m1/s1. The third-order valence-corrected chi connectivity index (χ3v) is 3.18. The first kappa shape index (κ1) is 12.3. The van der Waals surface area contributed by atoms with Gasteiger partial charge in [-0.05, 0) is 36.2 Å². The van der Waals surface area contributed by atoms with E-state index < -0.39 is 0 Å². The van der Waals surface area contributed by atoms with Crippen LogP contribution in [0.25, 0.3) is 0 Å². The molecule has 2 aromatic rings. The second-order valence-corrected chi connectivity index (χ2v) is 4.93. The zero-order chi connectivity index (χ0) is 12.1. The van der Waals surface area contributed by atoms with Gasteiger partial charge in [0.2, 0.25) is 0 Å². The molecule has 1 aromatic carbocycles. The van der Waals surface area contributed by atoms with E-state index in [2.05, 4.69) is 57.4 Å². The molecule has 0 aliphatic heterocycles. The van der Waals surface area contributed by atoms with Gasteiger partial charge < -0.3 is 5.32 Å². The summed E-state index contributed by atoms with van der Waals surface area (Å²) in [7, 11) is 0. The van der Waals surface area contributed by atoms with E-state index in [-0.39, 0.29) is 0 Å². The lowest BCUT2D eigenvalue weighted by Gasteiger charge is -2.13. The molecule has 0 saturated carbocycles. The minimum atomic E-state index is 0.308. The van der Waals surface area contributed by atoms with Gasteiger partial charge in [0.05, 0.1) is 0 Å². The zero-order valence-electron chi connectivity index (χ0n) is 9.73. The number of rotatable bonds is 4. The molecule has 2 rings (SSSR count). The van der Waals surface area contributed by atoms with Gasteiger partial charge >= 0.3 is 0 Å². The molecule has 1 aromatic heterocycles. The van der Waals surface area contributed by atoms with Gasteiger partial charge in [-0.25, -0.2) is 0 Å². The third-order valence-electron chi connectivity index (χ3n) is 2.69. The number of nitrogens with one attached hydrogen (secondary N) is 1. The predicted molar refractivity (Wildman–Crippen MR) is 73.6 cm³/mol. The fourth-order valence-corrected chi connectivity index (χ4v) is 2.11. The van der Waals surface area contributed by atoms with Crippen molar-refractivity contribution >= 4 is 15.9 Å². The van der Waals surface area contributed by atoms with Crippen LogP contribution in [0, 0.1) is 0 Å². The maximum absolute atomic E-state index is 4.13. The smallest absolute Gasteiger partial charge is 0.0315 e. The van der Waals surface area contributed by atoms with Crippen molar-refractivity contribution in [1.29, 1.82) is 0 Å². The fraction of sp³-hybridized carbons (Fsp3) is 0.214. The predicted octanol–water partition coefficient (Wildman–Crippen LogP) is 3.69. The van der Waals surface area contributed by atoms with Gasteiger partial charge in [-0.2, -0.15) is 0 Å². The third kappa shape index (κ3) is 3.65. The van der Waals surface area contributed by atoms with E-state index in [0.29, 0.717) is 6.04 Å². The average Bonchev–Trinajstić information content (AvgIpc) is 2.37. The Bertz CT molecular complexity index is 471. The van der Waals surface area contributed by atoms with E-state index in [4.69, 9.17) is 0 Å². The van der Waals surface area contributed by atoms with E-state index in [9.17, 15) is 0 Å². The molecule has 3 heteroatoms. The van der Waals surface area contributed by atoms with Crippen molar-refractivity contribution in [3.05, 3.63) is 64.4 Å². The summed E-state index contributed by atoms with van der Waals surface area (Å²) in [6.45, 7) is 3.00. The lowest BCUT2D eigenvalue weighted by molar-refractivity contribution is 0.573. The summed E-state index contributed by atoms with van der Waals surface area (Å²) in [5, 5.41) is 3.48. The van der Waals surface area contributed by atoms with E-state index >= 15 is 0 Å². The molecule has 1 heterocycles. The highest BCUT2D eigenvalue weighted by Gasteiger charge is 2.04. The van der Waals surface area contributed by atoms with E-state index in [1.165, 1.54) is 11.1 Å². The van der Waals surface area contributed by atoms with Crippen LogP contribution in [-0.2, 0) is 6.54 Å². The molecule has 0 radical (unpaired) electrons. The van der Waals surface area contributed by atoms with Gasteiger partial charge in [-0.15, -0.1) is 0 Å². The van der Waals surface area contributed by atoms with Crippen LogP contribution in [0.1, 0.15) is 24.1 Å². The first-order valence-electron chi connectivity index (χ1n) is 5.63. The number of hydrogen-bond acceptors (Lipinski definition) is 2. The van der Waals surface area contributed by atoms with Crippen molar-refractivity contribution in [2.75, 3.05) is 0 Å². The number of nitrogens with zero attached hydrogens (tertiary/aromatic N) is 1. The van der Waals surface area contributed by atoms with Crippen LogP contribution in [0.5, 0.6) is 0 Å². The van der Waals surface area contributed by atoms with Crippen molar-refractivity contribution in [2.45, 2.75) is 19.5 Å². The maximum atomic E-state index is 4.13. The van der Waals surface area contributed by atoms with E-state index in [0.717, 1.165) is 11.0 Å². The fourth-order valence-electron chi connectivity index (χ4n) is 1.67. The second-order valence-electron chi connectivity index (χ2n) is 4.02. The monoisotopic (exact) mass is 290 g/mol. The Hall–Kier alpha value is -1.19.